The van der Waals surface area contributed by atoms with E-state index in [4.69, 9.17) is 14.2 Å². The number of ether oxygens (including phenoxy) is 3. The SMILES string of the molecule is COCCOCC(O)CN(C)CC1(O)CCOCC1. The molecule has 6 nitrogen and oxygen atoms in total. The van der Waals surface area contributed by atoms with Crippen LogP contribution in [0, 0.1) is 0 Å². The maximum absolute atomic E-state index is 10.3. The monoisotopic (exact) mass is 277 g/mol. The van der Waals surface area contributed by atoms with Crippen molar-refractivity contribution in [2.24, 2.45) is 0 Å². The minimum absolute atomic E-state index is 0.287. The molecule has 114 valence electrons. The summed E-state index contributed by atoms with van der Waals surface area (Å²) in [4.78, 5) is 1.94. The predicted molar refractivity (Wildman–Crippen MR) is 71.2 cm³/mol. The van der Waals surface area contributed by atoms with Gasteiger partial charge in [-0.1, -0.05) is 0 Å². The lowest BCUT2D eigenvalue weighted by atomic mass is 9.94. The van der Waals surface area contributed by atoms with Gasteiger partial charge in [-0.25, -0.2) is 0 Å². The molecule has 6 heteroatoms. The van der Waals surface area contributed by atoms with Crippen LogP contribution in [0.1, 0.15) is 12.8 Å². The molecule has 0 saturated carbocycles. The molecule has 1 heterocycles. The van der Waals surface area contributed by atoms with Crippen molar-refractivity contribution in [3.05, 3.63) is 0 Å². The number of hydrogen-bond acceptors (Lipinski definition) is 6. The van der Waals surface area contributed by atoms with Crippen LogP contribution in [0.25, 0.3) is 0 Å². The molecule has 1 aliphatic rings. The molecule has 0 spiro atoms. The molecule has 0 radical (unpaired) electrons. The lowest BCUT2D eigenvalue weighted by Gasteiger charge is -2.36. The fourth-order valence-electron chi connectivity index (χ4n) is 2.25. The molecule has 0 aromatic heterocycles. The van der Waals surface area contributed by atoms with E-state index in [0.29, 0.717) is 52.4 Å². The molecule has 0 aliphatic carbocycles. The fourth-order valence-corrected chi connectivity index (χ4v) is 2.25. The van der Waals surface area contributed by atoms with Crippen molar-refractivity contribution in [2.45, 2.75) is 24.5 Å². The number of nitrogens with zero attached hydrogens (tertiary/aromatic N) is 1. The third kappa shape index (κ3) is 7.20. The van der Waals surface area contributed by atoms with Crippen molar-refractivity contribution < 1.29 is 24.4 Å². The Morgan fingerprint density at radius 1 is 1.32 bits per heavy atom. The van der Waals surface area contributed by atoms with E-state index in [2.05, 4.69) is 0 Å². The molecular formula is C13H27NO5. The smallest absolute Gasteiger partial charge is 0.0900 e. The highest BCUT2D eigenvalue weighted by atomic mass is 16.5. The second-order valence-electron chi connectivity index (χ2n) is 5.26. The Balaban J connectivity index is 2.16. The number of likely N-dealkylation sites (N-methyl/N-ethyl adjacent to an activating group) is 1. The fraction of sp³-hybridized carbons (Fsp3) is 1.00. The lowest BCUT2D eigenvalue weighted by Crippen LogP contribution is -2.47. The molecule has 1 saturated heterocycles. The second-order valence-corrected chi connectivity index (χ2v) is 5.26. The first-order valence-electron chi connectivity index (χ1n) is 6.79. The molecule has 1 atom stereocenters. The predicted octanol–water partition coefficient (Wildman–Crippen LogP) is -0.516. The van der Waals surface area contributed by atoms with Gasteiger partial charge in [0.1, 0.15) is 0 Å². The number of methoxy groups -OCH3 is 1. The van der Waals surface area contributed by atoms with E-state index in [0.717, 1.165) is 0 Å². The molecular weight excluding hydrogens is 250 g/mol. The third-order valence-electron chi connectivity index (χ3n) is 3.25. The number of hydrogen-bond donors (Lipinski definition) is 2. The Kier molecular flexibility index (Phi) is 7.82. The first-order valence-corrected chi connectivity index (χ1v) is 6.79. The van der Waals surface area contributed by atoms with E-state index in [1.807, 2.05) is 11.9 Å². The van der Waals surface area contributed by atoms with E-state index in [1.165, 1.54) is 0 Å². The summed E-state index contributed by atoms with van der Waals surface area (Å²) in [5, 5.41) is 20.2. The van der Waals surface area contributed by atoms with Gasteiger partial charge in [0.25, 0.3) is 0 Å². The van der Waals surface area contributed by atoms with Gasteiger partial charge < -0.3 is 29.3 Å². The van der Waals surface area contributed by atoms with Crippen LogP contribution in [0.5, 0.6) is 0 Å². The highest BCUT2D eigenvalue weighted by Gasteiger charge is 2.31. The number of aliphatic hydroxyl groups is 2. The molecule has 0 aromatic rings. The van der Waals surface area contributed by atoms with Crippen LogP contribution < -0.4 is 0 Å². The summed E-state index contributed by atoms with van der Waals surface area (Å²) in [7, 11) is 3.51. The zero-order chi connectivity index (χ0) is 14.1. The van der Waals surface area contributed by atoms with Gasteiger partial charge in [-0.05, 0) is 7.05 Å². The molecule has 19 heavy (non-hydrogen) atoms. The summed E-state index contributed by atoms with van der Waals surface area (Å²) < 4.78 is 15.4. The van der Waals surface area contributed by atoms with E-state index < -0.39 is 11.7 Å². The van der Waals surface area contributed by atoms with Crippen LogP contribution >= 0.6 is 0 Å². The Morgan fingerprint density at radius 3 is 2.63 bits per heavy atom. The minimum Gasteiger partial charge on any atom is -0.389 e. The van der Waals surface area contributed by atoms with Crippen molar-refractivity contribution in [1.29, 1.82) is 0 Å². The van der Waals surface area contributed by atoms with Gasteiger partial charge in [0.05, 0.1) is 31.5 Å². The van der Waals surface area contributed by atoms with Crippen molar-refractivity contribution in [2.75, 3.05) is 60.3 Å². The summed E-state index contributed by atoms with van der Waals surface area (Å²) in [6.07, 6.45) is 0.750. The van der Waals surface area contributed by atoms with Crippen molar-refractivity contribution in [1.82, 2.24) is 4.90 Å². The summed E-state index contributed by atoms with van der Waals surface area (Å²) in [5.74, 6) is 0. The Labute approximate surface area is 115 Å². The van der Waals surface area contributed by atoms with Crippen LogP contribution in [-0.2, 0) is 14.2 Å². The van der Waals surface area contributed by atoms with Gasteiger partial charge in [-0.15, -0.1) is 0 Å². The largest absolute Gasteiger partial charge is 0.389 e. The van der Waals surface area contributed by atoms with Crippen LogP contribution in [0.3, 0.4) is 0 Å². The Bertz CT molecular complexity index is 233. The van der Waals surface area contributed by atoms with Gasteiger partial charge in [-0.2, -0.15) is 0 Å². The Hall–Kier alpha value is -0.240. The standard InChI is InChI=1S/C13H27NO5/c1-14(9-12(15)10-19-8-7-17-2)11-13(16)3-5-18-6-4-13/h12,15-16H,3-11H2,1-2H3. The van der Waals surface area contributed by atoms with Gasteiger partial charge >= 0.3 is 0 Å². The molecule has 1 aliphatic heterocycles. The number of aliphatic hydroxyl groups excluding tert-OH is 1. The third-order valence-corrected chi connectivity index (χ3v) is 3.25. The normalized spacial score (nSPS) is 20.7. The van der Waals surface area contributed by atoms with Crippen molar-refractivity contribution in [3.8, 4) is 0 Å². The highest BCUT2D eigenvalue weighted by Crippen LogP contribution is 2.21. The molecule has 0 aromatic carbocycles. The topological polar surface area (TPSA) is 71.4 Å². The van der Waals surface area contributed by atoms with Gasteiger partial charge in [0, 0.05) is 46.3 Å². The lowest BCUT2D eigenvalue weighted by molar-refractivity contribution is -0.0823. The average Bonchev–Trinajstić information content (AvgIpc) is 2.34. The van der Waals surface area contributed by atoms with Gasteiger partial charge in [-0.3, -0.25) is 0 Å². The first-order chi connectivity index (χ1) is 9.06. The van der Waals surface area contributed by atoms with Crippen molar-refractivity contribution >= 4 is 0 Å². The summed E-state index contributed by atoms with van der Waals surface area (Å²) in [5.41, 5.74) is -0.691. The van der Waals surface area contributed by atoms with E-state index in [9.17, 15) is 10.2 Å². The van der Waals surface area contributed by atoms with Crippen LogP contribution in [-0.4, -0.2) is 87.1 Å². The van der Waals surface area contributed by atoms with Crippen LogP contribution in [0.15, 0.2) is 0 Å². The van der Waals surface area contributed by atoms with Gasteiger partial charge in [0.2, 0.25) is 0 Å². The average molecular weight is 277 g/mol. The van der Waals surface area contributed by atoms with E-state index >= 15 is 0 Å². The Morgan fingerprint density at radius 2 is 2.00 bits per heavy atom. The maximum atomic E-state index is 10.3. The van der Waals surface area contributed by atoms with Gasteiger partial charge in [0.15, 0.2) is 0 Å². The van der Waals surface area contributed by atoms with E-state index in [1.54, 1.807) is 7.11 Å². The van der Waals surface area contributed by atoms with Crippen LogP contribution in [0.4, 0.5) is 0 Å². The maximum Gasteiger partial charge on any atom is 0.0900 e. The summed E-state index contributed by atoms with van der Waals surface area (Å²) in [6, 6.07) is 0. The second kappa shape index (κ2) is 8.84. The zero-order valence-electron chi connectivity index (χ0n) is 12.0. The molecule has 1 unspecified atom stereocenters. The molecule has 1 fully saturated rings. The number of rotatable bonds is 9. The van der Waals surface area contributed by atoms with Crippen LogP contribution in [0.2, 0.25) is 0 Å². The zero-order valence-corrected chi connectivity index (χ0v) is 12.0. The first kappa shape index (κ1) is 16.8. The molecule has 0 bridgehead atoms. The quantitative estimate of drug-likeness (QED) is 0.553. The summed E-state index contributed by atoms with van der Waals surface area (Å²) in [6.45, 7) is 3.54. The molecule has 2 N–H and O–H groups in total. The molecule has 1 rings (SSSR count). The highest BCUT2D eigenvalue weighted by molar-refractivity contribution is 4.84. The minimum atomic E-state index is -0.691. The van der Waals surface area contributed by atoms with E-state index in [-0.39, 0.29) is 6.61 Å². The summed E-state index contributed by atoms with van der Waals surface area (Å²) >= 11 is 0. The van der Waals surface area contributed by atoms with Crippen molar-refractivity contribution in [3.63, 3.8) is 0 Å². The molecule has 0 amide bonds.